The minimum atomic E-state index is -0.0294. The molecule has 1 saturated heterocycles. The highest BCUT2D eigenvalue weighted by Gasteiger charge is 2.10. The molecule has 0 saturated carbocycles. The molecule has 2 rings (SSSR count). The number of carbonyl (C=O) groups is 1. The molecule has 0 atom stereocenters. The molecule has 1 amide bonds. The van der Waals surface area contributed by atoms with Crippen LogP contribution in [0.4, 0.5) is 0 Å². The smallest absolute Gasteiger partial charge is 0.251 e. The van der Waals surface area contributed by atoms with Crippen LogP contribution in [0.3, 0.4) is 0 Å². The van der Waals surface area contributed by atoms with Gasteiger partial charge in [-0.2, -0.15) is 0 Å². The highest BCUT2D eigenvalue weighted by Crippen LogP contribution is 2.07. The first kappa shape index (κ1) is 24.6. The van der Waals surface area contributed by atoms with Gasteiger partial charge in [-0.3, -0.25) is 9.69 Å². The normalized spacial score (nSPS) is 14.9. The third-order valence-corrected chi connectivity index (χ3v) is 4.31. The van der Waals surface area contributed by atoms with Crippen LogP contribution in [0.5, 0.6) is 0 Å². The molecule has 1 aliphatic heterocycles. The van der Waals surface area contributed by atoms with E-state index in [1.165, 1.54) is 0 Å². The Kier molecular flexibility index (Phi) is 12.8. The summed E-state index contributed by atoms with van der Waals surface area (Å²) in [6, 6.07) is 7.65. The number of halogens is 1. The van der Waals surface area contributed by atoms with Crippen LogP contribution in [-0.2, 0) is 11.3 Å². The molecule has 158 valence electrons. The van der Waals surface area contributed by atoms with Gasteiger partial charge < -0.3 is 20.7 Å². The molecular formula is C20H34IN5O2. The molecule has 0 spiro atoms. The van der Waals surface area contributed by atoms with Gasteiger partial charge in [0.25, 0.3) is 5.91 Å². The van der Waals surface area contributed by atoms with E-state index in [-0.39, 0.29) is 29.9 Å². The van der Waals surface area contributed by atoms with Crippen molar-refractivity contribution in [2.24, 2.45) is 4.99 Å². The van der Waals surface area contributed by atoms with E-state index in [2.05, 4.69) is 32.8 Å². The Morgan fingerprint density at radius 3 is 2.64 bits per heavy atom. The van der Waals surface area contributed by atoms with Crippen LogP contribution in [-0.4, -0.2) is 69.2 Å². The number of ether oxygens (including phenoxy) is 1. The van der Waals surface area contributed by atoms with Gasteiger partial charge in [-0.05, 0) is 31.0 Å². The summed E-state index contributed by atoms with van der Waals surface area (Å²) in [6.07, 6.45) is 0.928. The molecule has 8 heteroatoms. The number of amides is 1. The summed E-state index contributed by atoms with van der Waals surface area (Å²) in [7, 11) is 0. The van der Waals surface area contributed by atoms with E-state index in [0.717, 1.165) is 63.9 Å². The first-order valence-electron chi connectivity index (χ1n) is 9.92. The Hall–Kier alpha value is -1.39. The molecule has 0 aliphatic carbocycles. The van der Waals surface area contributed by atoms with Crippen LogP contribution in [0.25, 0.3) is 0 Å². The van der Waals surface area contributed by atoms with Crippen molar-refractivity contribution in [1.29, 1.82) is 0 Å². The van der Waals surface area contributed by atoms with Gasteiger partial charge in [-0.25, -0.2) is 4.99 Å². The molecule has 0 aromatic heterocycles. The fourth-order valence-corrected chi connectivity index (χ4v) is 2.82. The van der Waals surface area contributed by atoms with Gasteiger partial charge in [0.1, 0.15) is 0 Å². The fourth-order valence-electron chi connectivity index (χ4n) is 2.82. The standard InChI is InChI=1S/C20H33N5O2.HI/c1-3-8-22-19(26)18-7-5-6-17(15-18)16-24-20(21-4-2)23-9-10-25-11-13-27-14-12-25;/h5-7,15H,3-4,8-14,16H2,1-2H3,(H,22,26)(H2,21,23,24);1H. The van der Waals surface area contributed by atoms with E-state index in [0.29, 0.717) is 18.7 Å². The lowest BCUT2D eigenvalue weighted by atomic mass is 10.1. The third kappa shape index (κ3) is 9.20. The number of guanidine groups is 1. The van der Waals surface area contributed by atoms with Crippen LogP contribution in [0.2, 0.25) is 0 Å². The number of nitrogens with one attached hydrogen (secondary N) is 3. The Morgan fingerprint density at radius 2 is 1.93 bits per heavy atom. The second-order valence-corrected chi connectivity index (χ2v) is 6.53. The number of nitrogens with zero attached hydrogens (tertiary/aromatic N) is 2. The topological polar surface area (TPSA) is 78.0 Å². The summed E-state index contributed by atoms with van der Waals surface area (Å²) in [6.45, 7) is 11.5. The molecular weight excluding hydrogens is 469 g/mol. The minimum absolute atomic E-state index is 0. The molecule has 0 radical (unpaired) electrons. The third-order valence-electron chi connectivity index (χ3n) is 4.31. The van der Waals surface area contributed by atoms with Gasteiger partial charge in [0.2, 0.25) is 0 Å². The summed E-state index contributed by atoms with van der Waals surface area (Å²) in [4.78, 5) is 19.1. The number of benzene rings is 1. The van der Waals surface area contributed by atoms with E-state index < -0.39 is 0 Å². The molecule has 0 unspecified atom stereocenters. The molecule has 1 fully saturated rings. The second-order valence-electron chi connectivity index (χ2n) is 6.53. The van der Waals surface area contributed by atoms with Crippen molar-refractivity contribution in [1.82, 2.24) is 20.9 Å². The molecule has 7 nitrogen and oxygen atoms in total. The fraction of sp³-hybridized carbons (Fsp3) is 0.600. The van der Waals surface area contributed by atoms with Crippen molar-refractivity contribution < 1.29 is 9.53 Å². The van der Waals surface area contributed by atoms with Crippen LogP contribution >= 0.6 is 24.0 Å². The predicted molar refractivity (Wildman–Crippen MR) is 125 cm³/mol. The van der Waals surface area contributed by atoms with Gasteiger partial charge in [-0.1, -0.05) is 19.1 Å². The zero-order valence-corrected chi connectivity index (χ0v) is 19.3. The van der Waals surface area contributed by atoms with Crippen molar-refractivity contribution in [2.45, 2.75) is 26.8 Å². The highest BCUT2D eigenvalue weighted by molar-refractivity contribution is 14.0. The molecule has 1 aromatic rings. The summed E-state index contributed by atoms with van der Waals surface area (Å²) in [5.41, 5.74) is 1.70. The molecule has 1 heterocycles. The monoisotopic (exact) mass is 503 g/mol. The van der Waals surface area contributed by atoms with Gasteiger partial charge in [0, 0.05) is 44.8 Å². The lowest BCUT2D eigenvalue weighted by Crippen LogP contribution is -2.44. The highest BCUT2D eigenvalue weighted by atomic mass is 127. The Bertz CT molecular complexity index is 606. The maximum absolute atomic E-state index is 12.1. The average molecular weight is 503 g/mol. The molecule has 3 N–H and O–H groups in total. The van der Waals surface area contributed by atoms with Gasteiger partial charge in [-0.15, -0.1) is 24.0 Å². The number of carbonyl (C=O) groups excluding carboxylic acids is 1. The predicted octanol–water partition coefficient (Wildman–Crippen LogP) is 1.83. The van der Waals surface area contributed by atoms with Crippen molar-refractivity contribution >= 4 is 35.8 Å². The van der Waals surface area contributed by atoms with Crippen molar-refractivity contribution in [3.8, 4) is 0 Å². The lowest BCUT2D eigenvalue weighted by molar-refractivity contribution is 0.0389. The Balaban J connectivity index is 0.00000392. The number of aliphatic imine (C=N–C) groups is 1. The average Bonchev–Trinajstić information content (AvgIpc) is 2.71. The summed E-state index contributed by atoms with van der Waals surface area (Å²) < 4.78 is 5.37. The van der Waals surface area contributed by atoms with Gasteiger partial charge in [0.15, 0.2) is 5.96 Å². The number of hydrogen-bond donors (Lipinski definition) is 3. The number of rotatable bonds is 9. The number of hydrogen-bond acceptors (Lipinski definition) is 4. The largest absolute Gasteiger partial charge is 0.379 e. The molecule has 28 heavy (non-hydrogen) atoms. The van der Waals surface area contributed by atoms with Crippen LogP contribution < -0.4 is 16.0 Å². The first-order valence-corrected chi connectivity index (χ1v) is 9.92. The quantitative estimate of drug-likeness (QED) is 0.273. The van der Waals surface area contributed by atoms with E-state index >= 15 is 0 Å². The zero-order chi connectivity index (χ0) is 19.3. The van der Waals surface area contributed by atoms with E-state index in [4.69, 9.17) is 4.74 Å². The second kappa shape index (κ2) is 14.6. The SMILES string of the molecule is CCCNC(=O)c1cccc(CN=C(NCC)NCCN2CCOCC2)c1.I. The van der Waals surface area contributed by atoms with Gasteiger partial charge in [0.05, 0.1) is 19.8 Å². The molecule has 1 aliphatic rings. The minimum Gasteiger partial charge on any atom is -0.379 e. The molecule has 0 bridgehead atoms. The van der Waals surface area contributed by atoms with E-state index in [1.54, 1.807) is 0 Å². The van der Waals surface area contributed by atoms with Crippen LogP contribution in [0.1, 0.15) is 36.2 Å². The summed E-state index contributed by atoms with van der Waals surface area (Å²) in [5.74, 6) is 0.768. The lowest BCUT2D eigenvalue weighted by Gasteiger charge is -2.26. The summed E-state index contributed by atoms with van der Waals surface area (Å²) in [5, 5.41) is 9.56. The van der Waals surface area contributed by atoms with Crippen LogP contribution in [0, 0.1) is 0 Å². The van der Waals surface area contributed by atoms with Gasteiger partial charge >= 0.3 is 0 Å². The first-order chi connectivity index (χ1) is 13.2. The molecule has 1 aromatic carbocycles. The Labute approximate surface area is 185 Å². The number of morpholine rings is 1. The summed E-state index contributed by atoms with van der Waals surface area (Å²) >= 11 is 0. The zero-order valence-electron chi connectivity index (χ0n) is 17.0. The maximum Gasteiger partial charge on any atom is 0.251 e. The van der Waals surface area contributed by atoms with E-state index in [9.17, 15) is 4.79 Å². The Morgan fingerprint density at radius 1 is 1.14 bits per heavy atom. The van der Waals surface area contributed by atoms with Crippen LogP contribution in [0.15, 0.2) is 29.3 Å². The van der Waals surface area contributed by atoms with Crippen molar-refractivity contribution in [3.63, 3.8) is 0 Å². The maximum atomic E-state index is 12.1. The van der Waals surface area contributed by atoms with E-state index in [1.807, 2.05) is 31.2 Å². The van der Waals surface area contributed by atoms with Crippen molar-refractivity contribution in [3.05, 3.63) is 35.4 Å². The van der Waals surface area contributed by atoms with Crippen molar-refractivity contribution in [2.75, 3.05) is 52.5 Å².